The van der Waals surface area contributed by atoms with Gasteiger partial charge in [0.2, 0.25) is 0 Å². The van der Waals surface area contributed by atoms with Crippen LogP contribution in [0.3, 0.4) is 0 Å². The van der Waals surface area contributed by atoms with Crippen LogP contribution in [-0.2, 0) is 9.59 Å². The van der Waals surface area contributed by atoms with E-state index in [1.807, 2.05) is 36.4 Å². The molecule has 1 aliphatic rings. The lowest BCUT2D eigenvalue weighted by Gasteiger charge is -2.12. The molecule has 0 radical (unpaired) electrons. The fraction of sp³-hybridized carbons (Fsp3) is 0. The van der Waals surface area contributed by atoms with Crippen LogP contribution >= 0.6 is 0 Å². The molecule has 0 saturated carbocycles. The van der Waals surface area contributed by atoms with Crippen LogP contribution in [0.4, 0.5) is 0 Å². The van der Waals surface area contributed by atoms with Gasteiger partial charge in [0, 0.05) is 5.57 Å². The minimum absolute atomic E-state index is 0.161. The van der Waals surface area contributed by atoms with Crippen LogP contribution in [0.25, 0.3) is 37.9 Å². The molecule has 4 aromatic carbocycles. The van der Waals surface area contributed by atoms with Crippen LogP contribution in [-0.4, -0.2) is 16.7 Å². The van der Waals surface area contributed by atoms with Gasteiger partial charge in [-0.05, 0) is 92.5 Å². The van der Waals surface area contributed by atoms with Gasteiger partial charge in [-0.25, -0.2) is 0 Å². The second-order valence-corrected chi connectivity index (χ2v) is 6.77. The smallest absolute Gasteiger partial charge is 0.186 e. The third-order valence-electron chi connectivity index (χ3n) is 5.02. The molecule has 4 aromatic rings. The van der Waals surface area contributed by atoms with Gasteiger partial charge in [-0.2, -0.15) is 0 Å². The van der Waals surface area contributed by atoms with Crippen molar-refractivity contribution in [3.63, 3.8) is 0 Å². The summed E-state index contributed by atoms with van der Waals surface area (Å²) in [6.07, 6.45) is 4.03. The molecule has 0 bridgehead atoms. The highest BCUT2D eigenvalue weighted by molar-refractivity contribution is 6.35. The lowest BCUT2D eigenvalue weighted by atomic mass is 9.90. The van der Waals surface area contributed by atoms with E-state index >= 15 is 0 Å². The first-order valence-electron chi connectivity index (χ1n) is 8.66. The molecule has 0 amide bonds. The number of rotatable bonds is 1. The molecule has 0 fully saturated rings. The van der Waals surface area contributed by atoms with Crippen molar-refractivity contribution in [3.8, 4) is 5.75 Å². The predicted molar refractivity (Wildman–Crippen MR) is 108 cm³/mol. The highest BCUT2D eigenvalue weighted by atomic mass is 16.3. The van der Waals surface area contributed by atoms with Crippen molar-refractivity contribution < 1.29 is 14.7 Å². The molecule has 0 unspecified atom stereocenters. The van der Waals surface area contributed by atoms with Crippen molar-refractivity contribution in [2.45, 2.75) is 0 Å². The summed E-state index contributed by atoms with van der Waals surface area (Å²) in [5.41, 5.74) is 1.18. The monoisotopic (exact) mass is 350 g/mol. The fourth-order valence-corrected chi connectivity index (χ4v) is 3.72. The molecule has 1 aliphatic carbocycles. The summed E-state index contributed by atoms with van der Waals surface area (Å²) in [7, 11) is 0. The Bertz CT molecular complexity index is 1360. The van der Waals surface area contributed by atoms with Crippen LogP contribution in [0.5, 0.6) is 5.75 Å². The van der Waals surface area contributed by atoms with Crippen molar-refractivity contribution >= 4 is 49.5 Å². The maximum Gasteiger partial charge on any atom is 0.186 e. The maximum atomic E-state index is 12.3. The highest BCUT2D eigenvalue weighted by Gasteiger charge is 2.17. The number of phenols is 1. The van der Waals surface area contributed by atoms with Gasteiger partial charge in [-0.3, -0.25) is 9.59 Å². The quantitative estimate of drug-likeness (QED) is 0.391. The van der Waals surface area contributed by atoms with E-state index in [1.165, 1.54) is 18.2 Å². The molecule has 0 aromatic heterocycles. The Kier molecular flexibility index (Phi) is 3.25. The zero-order chi connectivity index (χ0) is 18.5. The molecule has 0 saturated heterocycles. The Balaban J connectivity index is 1.82. The van der Waals surface area contributed by atoms with Gasteiger partial charge in [-0.15, -0.1) is 0 Å². The van der Waals surface area contributed by atoms with Crippen molar-refractivity contribution in [1.82, 2.24) is 0 Å². The summed E-state index contributed by atoms with van der Waals surface area (Å²) >= 11 is 0. The van der Waals surface area contributed by atoms with E-state index in [0.717, 1.165) is 37.9 Å². The number of fused-ring (bicyclic) bond motifs is 3. The van der Waals surface area contributed by atoms with E-state index in [-0.39, 0.29) is 17.3 Å². The molecule has 27 heavy (non-hydrogen) atoms. The van der Waals surface area contributed by atoms with Gasteiger partial charge >= 0.3 is 0 Å². The molecule has 3 nitrogen and oxygen atoms in total. The molecule has 128 valence electrons. The average molecular weight is 350 g/mol. The summed E-state index contributed by atoms with van der Waals surface area (Å²) in [4.78, 5) is 24.1. The van der Waals surface area contributed by atoms with Crippen LogP contribution in [0.1, 0.15) is 5.56 Å². The van der Waals surface area contributed by atoms with E-state index in [1.54, 1.807) is 12.1 Å². The summed E-state index contributed by atoms with van der Waals surface area (Å²) in [6.45, 7) is 0. The Morgan fingerprint density at radius 3 is 2.30 bits per heavy atom. The highest BCUT2D eigenvalue weighted by Crippen LogP contribution is 2.33. The number of hydrogen-bond donors (Lipinski definition) is 1. The summed E-state index contributed by atoms with van der Waals surface area (Å²) in [5.74, 6) is -0.110. The van der Waals surface area contributed by atoms with Crippen LogP contribution < -0.4 is 0 Å². The molecule has 0 heterocycles. The molecular weight excluding hydrogens is 336 g/mol. The van der Waals surface area contributed by atoms with Crippen LogP contribution in [0.2, 0.25) is 0 Å². The Hall–Kier alpha value is -3.72. The zero-order valence-corrected chi connectivity index (χ0v) is 14.3. The van der Waals surface area contributed by atoms with Crippen molar-refractivity contribution in [1.29, 1.82) is 0 Å². The average Bonchev–Trinajstić information content (AvgIpc) is 2.66. The van der Waals surface area contributed by atoms with Gasteiger partial charge in [0.05, 0.1) is 0 Å². The van der Waals surface area contributed by atoms with E-state index in [0.29, 0.717) is 5.57 Å². The largest absolute Gasteiger partial charge is 0.508 e. The van der Waals surface area contributed by atoms with Crippen LogP contribution in [0, 0.1) is 0 Å². The summed E-state index contributed by atoms with van der Waals surface area (Å²) in [6, 6.07) is 19.3. The maximum absolute atomic E-state index is 12.3. The van der Waals surface area contributed by atoms with Gasteiger partial charge in [0.15, 0.2) is 11.6 Å². The molecule has 5 rings (SSSR count). The molecule has 0 atom stereocenters. The molecule has 0 spiro atoms. The van der Waals surface area contributed by atoms with Crippen molar-refractivity contribution in [2.24, 2.45) is 0 Å². The van der Waals surface area contributed by atoms with Gasteiger partial charge < -0.3 is 5.11 Å². The normalized spacial score (nSPS) is 14.3. The first-order valence-corrected chi connectivity index (χ1v) is 8.66. The topological polar surface area (TPSA) is 54.4 Å². The van der Waals surface area contributed by atoms with Crippen LogP contribution in [0.15, 0.2) is 78.9 Å². The second-order valence-electron chi connectivity index (χ2n) is 6.77. The van der Waals surface area contributed by atoms with Crippen molar-refractivity contribution in [2.75, 3.05) is 0 Å². The number of carbonyl (C=O) groups excluding carboxylic acids is 2. The molecule has 3 heteroatoms. The first kappa shape index (κ1) is 15.5. The third kappa shape index (κ3) is 2.52. The SMILES string of the molecule is O=C1C=CC(=O)C(c2cccc3cc4cc5ccc(O)cc5cc4cc23)=C1. The number of aromatic hydroxyl groups is 1. The number of allylic oxidation sites excluding steroid dienone is 4. The molecule has 1 N–H and O–H groups in total. The number of hydrogen-bond acceptors (Lipinski definition) is 3. The zero-order valence-electron chi connectivity index (χ0n) is 14.3. The predicted octanol–water partition coefficient (Wildman–Crippen LogP) is 4.94. The van der Waals surface area contributed by atoms with Gasteiger partial charge in [0.25, 0.3) is 0 Å². The van der Waals surface area contributed by atoms with E-state index in [4.69, 9.17) is 0 Å². The van der Waals surface area contributed by atoms with E-state index < -0.39 is 0 Å². The van der Waals surface area contributed by atoms with E-state index in [2.05, 4.69) is 12.1 Å². The lowest BCUT2D eigenvalue weighted by molar-refractivity contribution is -0.113. The lowest BCUT2D eigenvalue weighted by Crippen LogP contribution is -2.06. The van der Waals surface area contributed by atoms with Crippen molar-refractivity contribution in [3.05, 3.63) is 84.5 Å². The van der Waals surface area contributed by atoms with E-state index in [9.17, 15) is 14.7 Å². The minimum Gasteiger partial charge on any atom is -0.508 e. The van der Waals surface area contributed by atoms with Gasteiger partial charge in [-0.1, -0.05) is 24.3 Å². The summed E-state index contributed by atoms with van der Waals surface area (Å²) in [5, 5.41) is 15.8. The Labute approximate surface area is 154 Å². The number of ketones is 2. The second kappa shape index (κ2) is 5.64. The Morgan fingerprint density at radius 1 is 0.667 bits per heavy atom. The fourth-order valence-electron chi connectivity index (χ4n) is 3.72. The minimum atomic E-state index is -0.177. The summed E-state index contributed by atoms with van der Waals surface area (Å²) < 4.78 is 0. The standard InChI is InChI=1S/C24H14O3/c25-19-5-4-14-8-16-9-15-2-1-3-21(23-13-20(26)6-7-24(23)27)22(15)12-18(16)10-17(14)11-19/h1-13,25H. The number of carbonyl (C=O) groups is 2. The van der Waals surface area contributed by atoms with Gasteiger partial charge in [0.1, 0.15) is 5.75 Å². The molecule has 0 aliphatic heterocycles. The number of benzene rings is 4. The number of phenolic OH excluding ortho intramolecular Hbond substituents is 1. The molecular formula is C24H14O3. The first-order chi connectivity index (χ1) is 13.1. The Morgan fingerprint density at radius 2 is 1.41 bits per heavy atom. The third-order valence-corrected chi connectivity index (χ3v) is 5.02.